The summed E-state index contributed by atoms with van der Waals surface area (Å²) in [7, 11) is 1.63. The molecular weight excluding hydrogens is 369 g/mol. The van der Waals surface area contributed by atoms with Gasteiger partial charge in [-0.25, -0.2) is 9.37 Å². The molecular formula is C23H24FN3O2. The van der Waals surface area contributed by atoms with Crippen molar-refractivity contribution in [3.8, 4) is 5.75 Å². The van der Waals surface area contributed by atoms with Gasteiger partial charge in [0.15, 0.2) is 0 Å². The van der Waals surface area contributed by atoms with Gasteiger partial charge in [0.25, 0.3) is 5.91 Å². The van der Waals surface area contributed by atoms with E-state index in [1.54, 1.807) is 37.6 Å². The predicted molar refractivity (Wildman–Crippen MR) is 112 cm³/mol. The summed E-state index contributed by atoms with van der Waals surface area (Å²) < 4.78 is 18.0. The number of nitrogens with zero attached hydrogens (tertiary/aromatic N) is 1. The van der Waals surface area contributed by atoms with Crippen LogP contribution in [-0.4, -0.2) is 31.1 Å². The summed E-state index contributed by atoms with van der Waals surface area (Å²) in [5.41, 5.74) is 2.69. The Bertz CT molecular complexity index is 910. The second-order valence-corrected chi connectivity index (χ2v) is 6.59. The summed E-state index contributed by atoms with van der Waals surface area (Å²) in [6.07, 6.45) is 3.06. The molecule has 0 radical (unpaired) electrons. The molecule has 5 nitrogen and oxygen atoms in total. The molecule has 2 N–H and O–H groups in total. The van der Waals surface area contributed by atoms with Gasteiger partial charge in [0.2, 0.25) is 0 Å². The average molecular weight is 393 g/mol. The molecule has 0 bridgehead atoms. The molecule has 1 aromatic heterocycles. The van der Waals surface area contributed by atoms with Crippen LogP contribution >= 0.6 is 0 Å². The van der Waals surface area contributed by atoms with Gasteiger partial charge in [-0.1, -0.05) is 24.3 Å². The number of carbonyl (C=O) groups excluding carboxylic acids is 1. The maximum absolute atomic E-state index is 12.9. The first-order chi connectivity index (χ1) is 14.1. The van der Waals surface area contributed by atoms with Crippen LogP contribution < -0.4 is 15.4 Å². The molecule has 150 valence electrons. The number of ether oxygens (including phenoxy) is 1. The van der Waals surface area contributed by atoms with Crippen LogP contribution in [0.25, 0.3) is 0 Å². The Balaban J connectivity index is 1.41. The van der Waals surface area contributed by atoms with Gasteiger partial charge in [-0.3, -0.25) is 4.79 Å². The summed E-state index contributed by atoms with van der Waals surface area (Å²) in [5, 5.41) is 6.10. The monoisotopic (exact) mass is 393 g/mol. The van der Waals surface area contributed by atoms with E-state index in [4.69, 9.17) is 4.74 Å². The molecule has 0 atom stereocenters. The van der Waals surface area contributed by atoms with Crippen molar-refractivity contribution in [2.24, 2.45) is 0 Å². The number of pyridine rings is 1. The SMILES string of the molecule is COc1ccc(CCNC(=O)c2ccc(NCCc3ccc(F)cc3)nc2)cc1. The van der Waals surface area contributed by atoms with Gasteiger partial charge in [-0.15, -0.1) is 0 Å². The number of hydrogen-bond donors (Lipinski definition) is 2. The summed E-state index contributed by atoms with van der Waals surface area (Å²) >= 11 is 0. The lowest BCUT2D eigenvalue weighted by atomic mass is 10.1. The molecule has 3 rings (SSSR count). The Morgan fingerprint density at radius 2 is 1.59 bits per heavy atom. The van der Waals surface area contributed by atoms with E-state index in [1.165, 1.54) is 12.1 Å². The second-order valence-electron chi connectivity index (χ2n) is 6.59. The number of rotatable bonds is 9. The van der Waals surface area contributed by atoms with E-state index >= 15 is 0 Å². The highest BCUT2D eigenvalue weighted by Crippen LogP contribution is 2.11. The fourth-order valence-electron chi connectivity index (χ4n) is 2.83. The zero-order chi connectivity index (χ0) is 20.5. The molecule has 0 fully saturated rings. The summed E-state index contributed by atoms with van der Waals surface area (Å²) in [6, 6.07) is 17.8. The smallest absolute Gasteiger partial charge is 0.252 e. The first-order valence-corrected chi connectivity index (χ1v) is 9.49. The van der Waals surface area contributed by atoms with Crippen LogP contribution in [0, 0.1) is 5.82 Å². The molecule has 3 aromatic rings. The fraction of sp³-hybridized carbons (Fsp3) is 0.217. The van der Waals surface area contributed by atoms with E-state index in [9.17, 15) is 9.18 Å². The molecule has 6 heteroatoms. The van der Waals surface area contributed by atoms with Crippen molar-refractivity contribution in [2.45, 2.75) is 12.8 Å². The van der Waals surface area contributed by atoms with Crippen LogP contribution in [0.5, 0.6) is 5.75 Å². The average Bonchev–Trinajstić information content (AvgIpc) is 2.76. The third-order valence-electron chi connectivity index (χ3n) is 4.52. The number of methoxy groups -OCH3 is 1. The van der Waals surface area contributed by atoms with Crippen molar-refractivity contribution in [3.05, 3.63) is 89.4 Å². The first kappa shape index (κ1) is 20.3. The number of benzene rings is 2. The van der Waals surface area contributed by atoms with Crippen molar-refractivity contribution in [3.63, 3.8) is 0 Å². The highest BCUT2D eigenvalue weighted by molar-refractivity contribution is 5.94. The van der Waals surface area contributed by atoms with E-state index in [1.807, 2.05) is 24.3 Å². The Labute approximate surface area is 169 Å². The van der Waals surface area contributed by atoms with Gasteiger partial charge in [-0.2, -0.15) is 0 Å². The van der Waals surface area contributed by atoms with Crippen LogP contribution in [0.4, 0.5) is 10.2 Å². The fourth-order valence-corrected chi connectivity index (χ4v) is 2.83. The molecule has 0 unspecified atom stereocenters. The lowest BCUT2D eigenvalue weighted by molar-refractivity contribution is 0.0954. The summed E-state index contributed by atoms with van der Waals surface area (Å²) in [5.74, 6) is 1.13. The van der Waals surface area contributed by atoms with E-state index in [0.717, 1.165) is 29.7 Å². The Morgan fingerprint density at radius 1 is 0.931 bits per heavy atom. The number of carbonyl (C=O) groups is 1. The number of halogens is 1. The largest absolute Gasteiger partial charge is 0.497 e. The lowest BCUT2D eigenvalue weighted by Crippen LogP contribution is -2.25. The lowest BCUT2D eigenvalue weighted by Gasteiger charge is -2.08. The quantitative estimate of drug-likeness (QED) is 0.580. The van der Waals surface area contributed by atoms with E-state index < -0.39 is 0 Å². The highest BCUT2D eigenvalue weighted by atomic mass is 19.1. The Morgan fingerprint density at radius 3 is 2.21 bits per heavy atom. The number of aromatic nitrogens is 1. The normalized spacial score (nSPS) is 10.4. The minimum absolute atomic E-state index is 0.149. The third-order valence-corrected chi connectivity index (χ3v) is 4.52. The summed E-state index contributed by atoms with van der Waals surface area (Å²) in [6.45, 7) is 1.22. The molecule has 0 aliphatic heterocycles. The van der Waals surface area contributed by atoms with Crippen molar-refractivity contribution in [2.75, 3.05) is 25.5 Å². The predicted octanol–water partition coefficient (Wildman–Crippen LogP) is 3.86. The van der Waals surface area contributed by atoms with Gasteiger partial charge in [0.1, 0.15) is 17.4 Å². The van der Waals surface area contributed by atoms with Gasteiger partial charge in [0, 0.05) is 19.3 Å². The van der Waals surface area contributed by atoms with Crippen LogP contribution in [0.1, 0.15) is 21.5 Å². The summed E-state index contributed by atoms with van der Waals surface area (Å²) in [4.78, 5) is 16.5. The standard InChI is InChI=1S/C23H24FN3O2/c1-29-21-9-4-18(5-10-21)13-15-26-23(28)19-6-11-22(27-16-19)25-14-12-17-2-7-20(24)8-3-17/h2-11,16H,12-15H2,1H3,(H,25,27)(H,26,28). The van der Waals surface area contributed by atoms with Crippen molar-refractivity contribution >= 4 is 11.7 Å². The van der Waals surface area contributed by atoms with Gasteiger partial charge in [-0.05, 0) is 60.4 Å². The Kier molecular flexibility index (Phi) is 7.16. The van der Waals surface area contributed by atoms with E-state index in [0.29, 0.717) is 24.5 Å². The molecule has 0 aliphatic rings. The van der Waals surface area contributed by atoms with Crippen LogP contribution in [0.2, 0.25) is 0 Å². The van der Waals surface area contributed by atoms with Crippen LogP contribution in [-0.2, 0) is 12.8 Å². The maximum Gasteiger partial charge on any atom is 0.252 e. The van der Waals surface area contributed by atoms with Crippen LogP contribution in [0.3, 0.4) is 0 Å². The number of hydrogen-bond acceptors (Lipinski definition) is 4. The molecule has 0 saturated carbocycles. The minimum atomic E-state index is -0.235. The van der Waals surface area contributed by atoms with E-state index in [2.05, 4.69) is 15.6 Å². The van der Waals surface area contributed by atoms with E-state index in [-0.39, 0.29) is 11.7 Å². The number of anilines is 1. The highest BCUT2D eigenvalue weighted by Gasteiger charge is 2.06. The third kappa shape index (κ3) is 6.31. The molecule has 1 heterocycles. The first-order valence-electron chi connectivity index (χ1n) is 9.49. The molecule has 1 amide bonds. The minimum Gasteiger partial charge on any atom is -0.497 e. The Hall–Kier alpha value is -3.41. The number of amides is 1. The van der Waals surface area contributed by atoms with Gasteiger partial charge >= 0.3 is 0 Å². The van der Waals surface area contributed by atoms with Gasteiger partial charge < -0.3 is 15.4 Å². The van der Waals surface area contributed by atoms with Crippen molar-refractivity contribution < 1.29 is 13.9 Å². The molecule has 29 heavy (non-hydrogen) atoms. The molecule has 0 aliphatic carbocycles. The van der Waals surface area contributed by atoms with Gasteiger partial charge in [0.05, 0.1) is 12.7 Å². The number of nitrogens with one attached hydrogen (secondary N) is 2. The maximum atomic E-state index is 12.9. The molecule has 2 aromatic carbocycles. The second kappa shape index (κ2) is 10.2. The zero-order valence-electron chi connectivity index (χ0n) is 16.3. The molecule has 0 spiro atoms. The molecule has 0 saturated heterocycles. The van der Waals surface area contributed by atoms with Crippen molar-refractivity contribution in [1.29, 1.82) is 0 Å². The topological polar surface area (TPSA) is 63.2 Å². The van der Waals surface area contributed by atoms with Crippen molar-refractivity contribution in [1.82, 2.24) is 10.3 Å². The van der Waals surface area contributed by atoms with Crippen LogP contribution in [0.15, 0.2) is 66.9 Å². The zero-order valence-corrected chi connectivity index (χ0v) is 16.3.